The van der Waals surface area contributed by atoms with Gasteiger partial charge in [0.2, 0.25) is 5.91 Å². The minimum atomic E-state index is -2.29. The summed E-state index contributed by atoms with van der Waals surface area (Å²) >= 11 is 0. The smallest absolute Gasteiger partial charge is 0.308 e. The van der Waals surface area contributed by atoms with Gasteiger partial charge in [0.15, 0.2) is 12.1 Å². The van der Waals surface area contributed by atoms with Crippen LogP contribution in [0.25, 0.3) is 0 Å². The number of nitrogens with one attached hydrogen (secondary N) is 1. The molecule has 2 bridgehead atoms. The molecule has 0 aromatic carbocycles. The van der Waals surface area contributed by atoms with Crippen molar-refractivity contribution in [1.29, 1.82) is 0 Å². The highest BCUT2D eigenvalue weighted by atomic mass is 16.7. The second-order valence-electron chi connectivity index (χ2n) is 17.7. The number of allylic oxidation sites excluding steroid dienone is 12. The predicted octanol–water partition coefficient (Wildman–Crippen LogP) is -0.510. The van der Waals surface area contributed by atoms with Gasteiger partial charge in [-0.15, -0.1) is 0 Å². The summed E-state index contributed by atoms with van der Waals surface area (Å²) in [5.41, 5.74) is 6.06. The van der Waals surface area contributed by atoms with Crippen LogP contribution < -0.4 is 11.1 Å². The lowest BCUT2D eigenvalue weighted by atomic mass is 9.82. The van der Waals surface area contributed by atoms with E-state index in [1.54, 1.807) is 93.7 Å². The monoisotopic (exact) mass is 953 g/mol. The van der Waals surface area contributed by atoms with Crippen molar-refractivity contribution in [3.8, 4) is 0 Å². The van der Waals surface area contributed by atoms with E-state index in [0.717, 1.165) is 0 Å². The molecule has 0 aromatic rings. The predicted molar refractivity (Wildman–Crippen MR) is 245 cm³/mol. The van der Waals surface area contributed by atoms with Crippen LogP contribution in [0, 0.1) is 11.8 Å². The molecule has 3 rings (SSSR count). The van der Waals surface area contributed by atoms with Crippen molar-refractivity contribution in [2.75, 3.05) is 13.2 Å². The van der Waals surface area contributed by atoms with E-state index in [9.17, 15) is 65.8 Å². The van der Waals surface area contributed by atoms with Crippen LogP contribution in [0.4, 0.5) is 0 Å². The van der Waals surface area contributed by atoms with Gasteiger partial charge in [-0.05, 0) is 39.5 Å². The molecule has 0 saturated carbocycles. The second kappa shape index (κ2) is 29.5. The molecule has 14 N–H and O–H groups in total. The van der Waals surface area contributed by atoms with Gasteiger partial charge in [0.05, 0.1) is 92.1 Å². The Hall–Kier alpha value is -3.48. The summed E-state index contributed by atoms with van der Waals surface area (Å²) in [7, 11) is 0. The van der Waals surface area contributed by atoms with E-state index in [0.29, 0.717) is 6.42 Å². The van der Waals surface area contributed by atoms with Crippen LogP contribution in [0.2, 0.25) is 0 Å². The highest BCUT2D eigenvalue weighted by molar-refractivity contribution is 5.80. The van der Waals surface area contributed by atoms with E-state index < -0.39 is 153 Å². The van der Waals surface area contributed by atoms with Crippen LogP contribution in [-0.2, 0) is 28.5 Å². The average molecular weight is 953 g/mol. The van der Waals surface area contributed by atoms with Crippen molar-refractivity contribution in [1.82, 2.24) is 5.32 Å². The van der Waals surface area contributed by atoms with Crippen LogP contribution in [0.3, 0.4) is 0 Å². The van der Waals surface area contributed by atoms with Crippen molar-refractivity contribution in [3.63, 3.8) is 0 Å². The number of fused-ring (bicyclic) bond motifs is 2. The number of rotatable bonds is 5. The van der Waals surface area contributed by atoms with Gasteiger partial charge in [-0.25, -0.2) is 0 Å². The molecule has 18 atom stereocenters. The number of cyclic esters (lactones) is 1. The lowest BCUT2D eigenvalue weighted by Crippen LogP contribution is -2.62. The molecule has 3 aliphatic rings. The maximum absolute atomic E-state index is 13.4. The fourth-order valence-electron chi connectivity index (χ4n) is 8.00. The van der Waals surface area contributed by atoms with Gasteiger partial charge in [0.25, 0.3) is 0 Å². The first-order valence-corrected chi connectivity index (χ1v) is 23.1. The number of amides is 1. The summed E-state index contributed by atoms with van der Waals surface area (Å²) in [6, 6.07) is -1.14. The average Bonchev–Trinajstić information content (AvgIpc) is 3.25. The third-order valence-corrected chi connectivity index (χ3v) is 12.1. The minimum Gasteiger partial charge on any atom is -0.462 e. The van der Waals surface area contributed by atoms with Crippen molar-refractivity contribution in [2.45, 2.75) is 176 Å². The van der Waals surface area contributed by atoms with Gasteiger partial charge in [-0.1, -0.05) is 92.0 Å². The molecule has 19 nitrogen and oxygen atoms in total. The first-order valence-electron chi connectivity index (χ1n) is 23.1. The zero-order valence-electron chi connectivity index (χ0n) is 38.6. The number of carbonyl (C=O) groups excluding carboxylic acids is 2. The maximum atomic E-state index is 13.4. The topological polar surface area (TPSA) is 332 Å². The van der Waals surface area contributed by atoms with E-state index >= 15 is 0 Å². The molecule has 2 fully saturated rings. The van der Waals surface area contributed by atoms with Gasteiger partial charge < -0.3 is 86.2 Å². The molecule has 67 heavy (non-hydrogen) atoms. The van der Waals surface area contributed by atoms with Crippen molar-refractivity contribution in [2.24, 2.45) is 17.6 Å². The summed E-state index contributed by atoms with van der Waals surface area (Å²) in [6.07, 6.45) is 4.44. The molecule has 0 aliphatic carbocycles. The summed E-state index contributed by atoms with van der Waals surface area (Å²) < 4.78 is 23.5. The lowest BCUT2D eigenvalue weighted by molar-refractivity contribution is -0.307. The molecule has 1 amide bonds. The minimum absolute atomic E-state index is 0.102. The van der Waals surface area contributed by atoms with Crippen molar-refractivity contribution in [3.05, 3.63) is 85.1 Å². The highest BCUT2D eigenvalue weighted by Gasteiger charge is 2.50. The third kappa shape index (κ3) is 20.2. The lowest BCUT2D eigenvalue weighted by Gasteiger charge is -2.46. The van der Waals surface area contributed by atoms with Crippen LogP contribution in [0.15, 0.2) is 85.1 Å². The number of hydrogen-bond donors (Lipinski definition) is 13. The highest BCUT2D eigenvalue weighted by Crippen LogP contribution is 2.38. The first-order chi connectivity index (χ1) is 31.7. The van der Waals surface area contributed by atoms with Crippen LogP contribution in [-0.4, -0.2) is 179 Å². The number of hydrogen-bond acceptors (Lipinski definition) is 18. The van der Waals surface area contributed by atoms with E-state index in [1.807, 2.05) is 12.2 Å². The van der Waals surface area contributed by atoms with E-state index in [1.165, 1.54) is 0 Å². The molecule has 3 aliphatic heterocycles. The number of ether oxygens (including phenoxy) is 4. The summed E-state index contributed by atoms with van der Waals surface area (Å²) in [4.78, 5) is 26.0. The molecular formula is C48H76N2O17. The Labute approximate surface area is 392 Å². The number of aliphatic hydroxyl groups is 11. The molecule has 2 saturated heterocycles. The number of esters is 1. The molecular weight excluding hydrogens is 877 g/mol. The summed E-state index contributed by atoms with van der Waals surface area (Å²) in [5.74, 6) is -5.51. The Bertz CT molecular complexity index is 1690. The van der Waals surface area contributed by atoms with Crippen LogP contribution >= 0.6 is 0 Å². The van der Waals surface area contributed by atoms with Gasteiger partial charge in [0.1, 0.15) is 12.2 Å². The molecule has 0 aromatic heterocycles. The molecule has 380 valence electrons. The molecule has 3 heterocycles. The van der Waals surface area contributed by atoms with E-state index in [-0.39, 0.29) is 32.2 Å². The van der Waals surface area contributed by atoms with Gasteiger partial charge in [-0.2, -0.15) is 0 Å². The van der Waals surface area contributed by atoms with E-state index in [4.69, 9.17) is 24.7 Å². The second-order valence-corrected chi connectivity index (χ2v) is 17.7. The van der Waals surface area contributed by atoms with Crippen molar-refractivity contribution >= 4 is 11.9 Å². The number of nitrogens with two attached hydrogens (primary N) is 1. The Morgan fingerprint density at radius 1 is 0.731 bits per heavy atom. The third-order valence-electron chi connectivity index (χ3n) is 12.1. The first kappa shape index (κ1) is 57.8. The van der Waals surface area contributed by atoms with Crippen LogP contribution in [0.5, 0.6) is 0 Å². The molecule has 0 radical (unpaired) electrons. The standard InChI is InChI=1S/C48H76N2O17/c1-29-30(2)64-41(59)25-33(53)23-32(52)19-20-37(56)38(57)24-34(54)27-48(63)28-39(58)42(46(62)50-21-22-51)40(67-48)26-35(66-47-45(61)43(49)44(60)31(3)65-47)17-15-13-11-9-7-5-4-6-8-10-12-14-16-18-36(29)55/h4-17,29-40,42-45,47,51-58,60-61,63H,18-28,49H2,1-3H3,(H,50,62)/b5-4+,8-6+,9-7+,12-10+,13-11+,16-14+,17-15+/t29-,30-,31?,32+,33+,34-,35-,36+,37+,38+,39-,40-,42+,43?,44?,45?,47?,48+/m0/s1. The molecule has 0 spiro atoms. The van der Waals surface area contributed by atoms with Gasteiger partial charge >= 0.3 is 5.97 Å². The Morgan fingerprint density at radius 2 is 1.34 bits per heavy atom. The quantitative estimate of drug-likeness (QED) is 0.154. The Kier molecular flexibility index (Phi) is 25.5. The largest absolute Gasteiger partial charge is 0.462 e. The SMILES string of the molecule is CC1OC(O[C@H]2/C=C/C=C/C=C/C=C/C=C/C=C/C=C/C[C@@H](O)[C@@H](C)[C@H](C)OC(=O)C[C@H](O)C[C@H](O)CC[C@@H](O)[C@H](O)C[C@H](O)C[C@]3(O)C[C@H](O)[C@@H](C(=O)NCCO)[C@H](C2)O3)C(O)C(N)C1O. The summed E-state index contributed by atoms with van der Waals surface area (Å²) in [5, 5.41) is 121. The van der Waals surface area contributed by atoms with Crippen LogP contribution in [0.1, 0.15) is 78.6 Å². The molecule has 5 unspecified atom stereocenters. The van der Waals surface area contributed by atoms with Gasteiger partial charge in [0, 0.05) is 38.1 Å². The molecule has 19 heteroatoms. The fourth-order valence-corrected chi connectivity index (χ4v) is 8.00. The zero-order valence-corrected chi connectivity index (χ0v) is 38.6. The number of aliphatic hydroxyl groups excluding tert-OH is 10. The zero-order chi connectivity index (χ0) is 49.7. The van der Waals surface area contributed by atoms with E-state index in [2.05, 4.69) is 5.32 Å². The fraction of sp³-hybridized carbons (Fsp3) is 0.667. The maximum Gasteiger partial charge on any atom is 0.308 e. The Morgan fingerprint density at radius 3 is 1.97 bits per heavy atom. The number of carbonyl (C=O) groups is 2. The van der Waals surface area contributed by atoms with Gasteiger partial charge in [-0.3, -0.25) is 9.59 Å². The summed E-state index contributed by atoms with van der Waals surface area (Å²) in [6.45, 7) is 4.35. The Balaban J connectivity index is 1.89. The van der Waals surface area contributed by atoms with Crippen molar-refractivity contribution < 1.29 is 84.7 Å². The normalized spacial score (nSPS) is 43.3.